The molecule has 1 aromatic rings. The molecule has 0 aliphatic carbocycles. The molecule has 3 nitrogen and oxygen atoms in total. The lowest BCUT2D eigenvalue weighted by molar-refractivity contribution is 0.0943. The van der Waals surface area contributed by atoms with Gasteiger partial charge in [-0.05, 0) is 30.5 Å². The van der Waals surface area contributed by atoms with Crippen LogP contribution in [0.1, 0.15) is 30.1 Å². The normalized spacial score (nSPS) is 12.2. The smallest absolute Gasteiger partial charge is 0.251 e. The van der Waals surface area contributed by atoms with Crippen molar-refractivity contribution in [3.05, 3.63) is 34.3 Å². The SMILES string of the molecule is CCC(CCO)CNC(=O)c1cccc(Br)c1. The lowest BCUT2D eigenvalue weighted by Crippen LogP contribution is -2.29. The molecule has 4 heteroatoms. The summed E-state index contributed by atoms with van der Waals surface area (Å²) in [5, 5.41) is 11.8. The van der Waals surface area contributed by atoms with E-state index in [1.54, 1.807) is 12.1 Å². The van der Waals surface area contributed by atoms with Crippen molar-refractivity contribution in [2.75, 3.05) is 13.2 Å². The monoisotopic (exact) mass is 299 g/mol. The average molecular weight is 300 g/mol. The van der Waals surface area contributed by atoms with Crippen molar-refractivity contribution < 1.29 is 9.90 Å². The van der Waals surface area contributed by atoms with Crippen LogP contribution in [0, 0.1) is 5.92 Å². The maximum Gasteiger partial charge on any atom is 0.251 e. The Bertz CT molecular complexity index is 368. The molecule has 0 saturated heterocycles. The molecule has 1 unspecified atom stereocenters. The molecule has 0 aromatic heterocycles. The van der Waals surface area contributed by atoms with Crippen LogP contribution in [-0.2, 0) is 0 Å². The maximum absolute atomic E-state index is 11.8. The molecule has 94 valence electrons. The van der Waals surface area contributed by atoms with Crippen LogP contribution in [0.2, 0.25) is 0 Å². The summed E-state index contributed by atoms with van der Waals surface area (Å²) >= 11 is 3.34. The van der Waals surface area contributed by atoms with E-state index in [-0.39, 0.29) is 12.5 Å². The fourth-order valence-corrected chi connectivity index (χ4v) is 2.00. The van der Waals surface area contributed by atoms with E-state index >= 15 is 0 Å². The van der Waals surface area contributed by atoms with Gasteiger partial charge in [0.2, 0.25) is 0 Å². The van der Waals surface area contributed by atoms with Crippen molar-refractivity contribution >= 4 is 21.8 Å². The van der Waals surface area contributed by atoms with Crippen molar-refractivity contribution in [1.29, 1.82) is 0 Å². The molecule has 0 saturated carbocycles. The van der Waals surface area contributed by atoms with Crippen LogP contribution in [0.25, 0.3) is 0 Å². The Hall–Kier alpha value is -0.870. The molecule has 0 heterocycles. The summed E-state index contributed by atoms with van der Waals surface area (Å²) in [5.74, 6) is 0.277. The lowest BCUT2D eigenvalue weighted by Gasteiger charge is -2.14. The topological polar surface area (TPSA) is 49.3 Å². The second kappa shape index (κ2) is 7.45. The number of hydrogen-bond acceptors (Lipinski definition) is 2. The number of carbonyl (C=O) groups excluding carboxylic acids is 1. The molecule has 0 radical (unpaired) electrons. The van der Waals surface area contributed by atoms with E-state index in [9.17, 15) is 4.79 Å². The quantitative estimate of drug-likeness (QED) is 0.848. The zero-order chi connectivity index (χ0) is 12.7. The first-order valence-corrected chi connectivity index (χ1v) is 6.61. The van der Waals surface area contributed by atoms with Crippen LogP contribution in [0.4, 0.5) is 0 Å². The fraction of sp³-hybridized carbons (Fsp3) is 0.462. The Morgan fingerprint density at radius 1 is 1.53 bits per heavy atom. The number of halogens is 1. The largest absolute Gasteiger partial charge is 0.396 e. The molecule has 0 aliphatic rings. The van der Waals surface area contributed by atoms with Crippen molar-refractivity contribution in [2.24, 2.45) is 5.92 Å². The van der Waals surface area contributed by atoms with E-state index in [2.05, 4.69) is 28.2 Å². The number of aliphatic hydroxyl groups excluding tert-OH is 1. The minimum absolute atomic E-state index is 0.0670. The number of benzene rings is 1. The van der Waals surface area contributed by atoms with Crippen LogP contribution < -0.4 is 5.32 Å². The number of nitrogens with one attached hydrogen (secondary N) is 1. The zero-order valence-electron chi connectivity index (χ0n) is 9.95. The average Bonchev–Trinajstić information content (AvgIpc) is 2.34. The molecule has 1 rings (SSSR count). The van der Waals surface area contributed by atoms with Gasteiger partial charge < -0.3 is 10.4 Å². The molecule has 0 fully saturated rings. The number of rotatable bonds is 6. The van der Waals surface area contributed by atoms with E-state index in [1.165, 1.54) is 0 Å². The van der Waals surface area contributed by atoms with E-state index < -0.39 is 0 Å². The highest BCUT2D eigenvalue weighted by molar-refractivity contribution is 9.10. The van der Waals surface area contributed by atoms with Crippen LogP contribution >= 0.6 is 15.9 Å². The fourth-order valence-electron chi connectivity index (χ4n) is 1.60. The first kappa shape index (κ1) is 14.2. The van der Waals surface area contributed by atoms with Gasteiger partial charge in [-0.1, -0.05) is 35.3 Å². The van der Waals surface area contributed by atoms with Crippen molar-refractivity contribution in [3.8, 4) is 0 Å². The van der Waals surface area contributed by atoms with Gasteiger partial charge in [0.25, 0.3) is 5.91 Å². The van der Waals surface area contributed by atoms with E-state index in [0.29, 0.717) is 18.0 Å². The minimum Gasteiger partial charge on any atom is -0.396 e. The van der Waals surface area contributed by atoms with Crippen LogP contribution in [0.3, 0.4) is 0 Å². The van der Waals surface area contributed by atoms with Gasteiger partial charge in [0.15, 0.2) is 0 Å². The van der Waals surface area contributed by atoms with Crippen LogP contribution in [0.15, 0.2) is 28.7 Å². The summed E-state index contributed by atoms with van der Waals surface area (Å²) in [5.41, 5.74) is 0.651. The maximum atomic E-state index is 11.8. The van der Waals surface area contributed by atoms with Gasteiger partial charge in [-0.2, -0.15) is 0 Å². The summed E-state index contributed by atoms with van der Waals surface area (Å²) in [4.78, 5) is 11.8. The number of carbonyl (C=O) groups is 1. The van der Waals surface area contributed by atoms with Crippen molar-refractivity contribution in [1.82, 2.24) is 5.32 Å². The second-order valence-electron chi connectivity index (χ2n) is 4.01. The predicted molar refractivity (Wildman–Crippen MR) is 72.0 cm³/mol. The molecule has 1 amide bonds. The highest BCUT2D eigenvalue weighted by atomic mass is 79.9. The predicted octanol–water partition coefficient (Wildman–Crippen LogP) is 2.59. The van der Waals surface area contributed by atoms with Gasteiger partial charge in [0, 0.05) is 23.2 Å². The highest BCUT2D eigenvalue weighted by Crippen LogP contribution is 2.12. The standard InChI is InChI=1S/C13H18BrNO2/c1-2-10(6-7-16)9-15-13(17)11-4-3-5-12(14)8-11/h3-5,8,10,16H,2,6-7,9H2,1H3,(H,15,17). The first-order valence-electron chi connectivity index (χ1n) is 5.82. The summed E-state index contributed by atoms with van der Waals surface area (Å²) in [6.45, 7) is 2.85. The Kier molecular flexibility index (Phi) is 6.22. The summed E-state index contributed by atoms with van der Waals surface area (Å²) in [6, 6.07) is 7.30. The molecule has 1 atom stereocenters. The molecule has 1 aromatic carbocycles. The number of amides is 1. The van der Waals surface area contributed by atoms with Crippen molar-refractivity contribution in [2.45, 2.75) is 19.8 Å². The molecule has 0 spiro atoms. The molecule has 2 N–H and O–H groups in total. The van der Waals surface area contributed by atoms with Crippen LogP contribution in [-0.4, -0.2) is 24.2 Å². The second-order valence-corrected chi connectivity index (χ2v) is 4.92. The molecule has 17 heavy (non-hydrogen) atoms. The third-order valence-electron chi connectivity index (χ3n) is 2.75. The summed E-state index contributed by atoms with van der Waals surface area (Å²) in [7, 11) is 0. The zero-order valence-corrected chi connectivity index (χ0v) is 11.5. The van der Waals surface area contributed by atoms with Gasteiger partial charge >= 0.3 is 0 Å². The molecule has 0 aliphatic heterocycles. The van der Waals surface area contributed by atoms with Gasteiger partial charge in [0.05, 0.1) is 0 Å². The Morgan fingerprint density at radius 3 is 2.88 bits per heavy atom. The van der Waals surface area contributed by atoms with Crippen molar-refractivity contribution in [3.63, 3.8) is 0 Å². The Balaban J connectivity index is 2.49. The number of aliphatic hydroxyl groups is 1. The van der Waals surface area contributed by atoms with Gasteiger partial charge in [-0.25, -0.2) is 0 Å². The molecular formula is C13H18BrNO2. The third kappa shape index (κ3) is 4.88. The number of hydrogen-bond donors (Lipinski definition) is 2. The third-order valence-corrected chi connectivity index (χ3v) is 3.25. The van der Waals surface area contributed by atoms with E-state index in [0.717, 1.165) is 17.3 Å². The molecule has 0 bridgehead atoms. The minimum atomic E-state index is -0.0670. The first-order chi connectivity index (χ1) is 8.17. The van der Waals surface area contributed by atoms with E-state index in [1.807, 2.05) is 12.1 Å². The summed E-state index contributed by atoms with van der Waals surface area (Å²) < 4.78 is 0.896. The van der Waals surface area contributed by atoms with Crippen LogP contribution in [0.5, 0.6) is 0 Å². The van der Waals surface area contributed by atoms with E-state index in [4.69, 9.17) is 5.11 Å². The van der Waals surface area contributed by atoms with Gasteiger partial charge in [-0.3, -0.25) is 4.79 Å². The Labute approximate surface area is 110 Å². The highest BCUT2D eigenvalue weighted by Gasteiger charge is 2.09. The molecular weight excluding hydrogens is 282 g/mol. The lowest BCUT2D eigenvalue weighted by atomic mass is 10.0. The summed E-state index contributed by atoms with van der Waals surface area (Å²) in [6.07, 6.45) is 1.69. The Morgan fingerprint density at radius 2 is 2.29 bits per heavy atom. The van der Waals surface area contributed by atoms with Gasteiger partial charge in [-0.15, -0.1) is 0 Å². The van der Waals surface area contributed by atoms with Gasteiger partial charge in [0.1, 0.15) is 0 Å².